The summed E-state index contributed by atoms with van der Waals surface area (Å²) in [6, 6.07) is 20.5. The van der Waals surface area contributed by atoms with E-state index in [1.807, 2.05) is 36.4 Å². The summed E-state index contributed by atoms with van der Waals surface area (Å²) >= 11 is 5.93. The number of hydrogen-bond acceptors (Lipinski definition) is 6. The summed E-state index contributed by atoms with van der Waals surface area (Å²) in [4.78, 5) is 14.1. The molecule has 3 unspecified atom stereocenters. The van der Waals surface area contributed by atoms with Gasteiger partial charge in [-0.3, -0.25) is 4.48 Å². The molecule has 1 spiro atoms. The van der Waals surface area contributed by atoms with Crippen LogP contribution in [-0.4, -0.2) is 82.8 Å². The minimum atomic E-state index is 0. The second kappa shape index (κ2) is 11.4. The van der Waals surface area contributed by atoms with Gasteiger partial charge in [-0.25, -0.2) is 18.3 Å². The number of allylic oxidation sites excluding steroid dienone is 1. The molecule has 2 aromatic carbocycles. The van der Waals surface area contributed by atoms with Crippen LogP contribution in [0.25, 0.3) is 10.8 Å². The first-order chi connectivity index (χ1) is 20.0. The molecule has 0 aliphatic carbocycles. The molecular formula is C33H35ClLiN6O-. The second-order valence-electron chi connectivity index (χ2n) is 12.0. The largest absolute Gasteiger partial charge is 1.00 e. The van der Waals surface area contributed by atoms with Gasteiger partial charge in [0.25, 0.3) is 0 Å². The normalized spacial score (nSPS) is 31.0. The zero-order valence-corrected chi connectivity index (χ0v) is 25.2. The maximum atomic E-state index is 9.23. The number of nitrogens with zero attached hydrogens (tertiary/aromatic N) is 6. The molecule has 9 heteroatoms. The van der Waals surface area contributed by atoms with E-state index >= 15 is 0 Å². The van der Waals surface area contributed by atoms with Crippen molar-refractivity contribution < 1.29 is 28.1 Å². The number of aromatic nitrogens is 2. The van der Waals surface area contributed by atoms with E-state index < -0.39 is 0 Å². The fraction of sp³-hybridized carbons (Fsp3) is 0.424. The summed E-state index contributed by atoms with van der Waals surface area (Å²) in [5.74, 6) is 0.933. The number of likely N-dealkylation sites (tertiary alicyclic amines) is 1. The van der Waals surface area contributed by atoms with Crippen LogP contribution < -0.4 is 28.5 Å². The van der Waals surface area contributed by atoms with E-state index in [0.717, 1.165) is 65.0 Å². The molecule has 8 rings (SSSR count). The number of rotatable bonds is 5. The third-order valence-corrected chi connectivity index (χ3v) is 10.4. The predicted octanol–water partition coefficient (Wildman–Crippen LogP) is 1.80. The monoisotopic (exact) mass is 573 g/mol. The molecule has 0 saturated carbocycles. The van der Waals surface area contributed by atoms with Gasteiger partial charge in [0.15, 0.2) is 12.1 Å². The molecule has 3 aromatic rings. The number of fused-ring (bicyclic) bond motifs is 2. The van der Waals surface area contributed by atoms with Crippen molar-refractivity contribution in [3.63, 3.8) is 0 Å². The molecule has 0 amide bonds. The smallest absolute Gasteiger partial charge is 0.462 e. The molecular weight excluding hydrogens is 539 g/mol. The topological polar surface area (TPSA) is 65.3 Å². The molecule has 5 fully saturated rings. The molecule has 6 heterocycles. The summed E-state index contributed by atoms with van der Waals surface area (Å²) < 4.78 is 7.30. The van der Waals surface area contributed by atoms with Crippen molar-refractivity contribution in [1.29, 1.82) is 5.26 Å². The first kappa shape index (κ1) is 29.4. The number of quaternary nitrogens is 1. The fourth-order valence-electron chi connectivity index (χ4n) is 8.09. The summed E-state index contributed by atoms with van der Waals surface area (Å²) in [6.07, 6.45) is 6.05. The van der Waals surface area contributed by atoms with Gasteiger partial charge in [0.2, 0.25) is 0 Å². The predicted molar refractivity (Wildman–Crippen MR) is 160 cm³/mol. The van der Waals surface area contributed by atoms with Crippen molar-refractivity contribution in [3.8, 4) is 12.1 Å². The standard InChI is InChI=1S/C23H29N6O.C10H6Cl.Li/c1-4-17-14(2)25-23(30-13-15-6-5-9-27(15)3)26-22(17)28-11-16-10-19-21-18(7-8-24)20(12-28)29(16,19)21;11-10-7-3-5-8-4-1-2-6-9(8)10;/h7,15-16,19-21H,1-2,4-6,9-13H2,3H3;1-5,7H;/q2*-1;+1/b18-7+;;/t15-,16+,19?,20?,21?,29-;;/m0../s1. The molecule has 1 aromatic heterocycles. The number of halogens is 1. The summed E-state index contributed by atoms with van der Waals surface area (Å²) in [7, 11) is 2.15. The van der Waals surface area contributed by atoms with Crippen molar-refractivity contribution in [2.75, 3.05) is 38.2 Å². The Morgan fingerprint density at radius 3 is 2.83 bits per heavy atom. The maximum Gasteiger partial charge on any atom is 1.00 e. The number of nitriles is 1. The van der Waals surface area contributed by atoms with E-state index in [1.54, 1.807) is 6.08 Å². The Hall–Kier alpha value is -2.71. The molecule has 42 heavy (non-hydrogen) atoms. The van der Waals surface area contributed by atoms with Crippen molar-refractivity contribution in [3.05, 3.63) is 84.2 Å². The number of ether oxygens (including phenoxy) is 1. The maximum absolute atomic E-state index is 9.23. The van der Waals surface area contributed by atoms with Crippen molar-refractivity contribution in [2.24, 2.45) is 0 Å². The molecule has 212 valence electrons. The fourth-order valence-corrected chi connectivity index (χ4v) is 8.33. The van der Waals surface area contributed by atoms with Crippen molar-refractivity contribution in [2.45, 2.75) is 55.9 Å². The van der Waals surface area contributed by atoms with Crippen LogP contribution in [-0.2, 0) is 6.42 Å². The van der Waals surface area contributed by atoms with E-state index in [-0.39, 0.29) is 18.9 Å². The molecule has 7 nitrogen and oxygen atoms in total. The van der Waals surface area contributed by atoms with Gasteiger partial charge in [-0.15, -0.1) is 46.6 Å². The number of piperazine rings is 1. The number of anilines is 1. The first-order valence-electron chi connectivity index (χ1n) is 14.6. The van der Waals surface area contributed by atoms with Crippen molar-refractivity contribution in [1.82, 2.24) is 14.9 Å². The molecule has 5 saturated heterocycles. The van der Waals surface area contributed by atoms with Crippen LogP contribution >= 0.6 is 11.6 Å². The molecule has 0 N–H and O–H groups in total. The van der Waals surface area contributed by atoms with E-state index in [9.17, 15) is 5.26 Å². The van der Waals surface area contributed by atoms with E-state index in [1.165, 1.54) is 22.9 Å². The SMILES string of the molecule is Clc1cccc2ccc[c-]c12.[CH2-]Cc1c([CH2-])nc(OC[C@@H]2CCCN2C)nc1N1CC2/C(=C\C#N)C3C4C[C@H](C1)[N@@+]243.[Li+]. The van der Waals surface area contributed by atoms with Crippen LogP contribution in [0.4, 0.5) is 5.82 Å². The third-order valence-electron chi connectivity index (χ3n) is 10.1. The Labute approximate surface area is 265 Å². The Balaban J connectivity index is 0.000000222. The van der Waals surface area contributed by atoms with Gasteiger partial charge in [0.1, 0.15) is 18.7 Å². The van der Waals surface area contributed by atoms with Crippen molar-refractivity contribution >= 4 is 28.2 Å². The third kappa shape index (κ3) is 4.51. The summed E-state index contributed by atoms with van der Waals surface area (Å²) in [5.41, 5.74) is 3.09. The zero-order chi connectivity index (χ0) is 28.3. The van der Waals surface area contributed by atoms with Gasteiger partial charge in [-0.1, -0.05) is 23.9 Å². The zero-order valence-electron chi connectivity index (χ0n) is 24.5. The summed E-state index contributed by atoms with van der Waals surface area (Å²) in [6.45, 7) is 11.9. The van der Waals surface area contributed by atoms with E-state index in [0.29, 0.717) is 43.2 Å². The van der Waals surface area contributed by atoms with Crippen LogP contribution in [0.15, 0.2) is 48.0 Å². The Bertz CT molecular complexity index is 1570. The molecule has 0 bridgehead atoms. The minimum absolute atomic E-state index is 0. The van der Waals surface area contributed by atoms with Crippen LogP contribution in [0, 0.1) is 31.2 Å². The average molecular weight is 574 g/mol. The van der Waals surface area contributed by atoms with Gasteiger partial charge in [-0.05, 0) is 31.5 Å². The van der Waals surface area contributed by atoms with Gasteiger partial charge < -0.3 is 21.5 Å². The average Bonchev–Trinajstić information content (AvgIpc) is 3.21. The first-order valence-corrected chi connectivity index (χ1v) is 15.0. The van der Waals surface area contributed by atoms with Gasteiger partial charge in [-0.2, -0.15) is 15.8 Å². The molecule has 5 aliphatic heterocycles. The quantitative estimate of drug-likeness (QED) is 0.153. The van der Waals surface area contributed by atoms with Crippen LogP contribution in [0.5, 0.6) is 6.01 Å². The molecule has 0 radical (unpaired) electrons. The molecule has 5 aliphatic rings. The van der Waals surface area contributed by atoms with Crippen LogP contribution in [0.2, 0.25) is 5.02 Å². The second-order valence-corrected chi connectivity index (χ2v) is 12.4. The number of hydrogen-bond donors (Lipinski definition) is 0. The molecule has 6 atom stereocenters. The van der Waals surface area contributed by atoms with E-state index in [4.69, 9.17) is 21.3 Å². The van der Waals surface area contributed by atoms with Crippen LogP contribution in [0.3, 0.4) is 0 Å². The Morgan fingerprint density at radius 1 is 1.26 bits per heavy atom. The Kier molecular flexibility index (Phi) is 7.98. The number of likely N-dealkylation sites (N-methyl/N-ethyl adjacent to an activating group) is 1. The van der Waals surface area contributed by atoms with Gasteiger partial charge in [0, 0.05) is 12.1 Å². The van der Waals surface area contributed by atoms with E-state index in [2.05, 4.69) is 47.8 Å². The Morgan fingerprint density at radius 2 is 2.10 bits per heavy atom. The van der Waals surface area contributed by atoms with Gasteiger partial charge in [0.05, 0.1) is 37.0 Å². The number of benzene rings is 2. The van der Waals surface area contributed by atoms with Gasteiger partial charge >= 0.3 is 24.9 Å². The van der Waals surface area contributed by atoms with Crippen LogP contribution in [0.1, 0.15) is 30.5 Å². The summed E-state index contributed by atoms with van der Waals surface area (Å²) in [5, 5.41) is 12.1. The minimum Gasteiger partial charge on any atom is -0.462 e.